The third-order valence-corrected chi connectivity index (χ3v) is 2.89. The number of anilines is 1. The van der Waals surface area contributed by atoms with E-state index < -0.39 is 6.10 Å². The number of aliphatic hydroxyl groups is 1. The van der Waals surface area contributed by atoms with Crippen molar-refractivity contribution in [3.8, 4) is 11.5 Å². The fourth-order valence-corrected chi connectivity index (χ4v) is 2.08. The summed E-state index contributed by atoms with van der Waals surface area (Å²) in [6.07, 6.45) is 0.272. The minimum atomic E-state index is -0.439. The van der Waals surface area contributed by atoms with Gasteiger partial charge < -0.3 is 19.9 Å². The number of rotatable bonds is 2. The summed E-state index contributed by atoms with van der Waals surface area (Å²) in [6, 6.07) is 3.96. The average molecular weight is 223 g/mol. The van der Waals surface area contributed by atoms with Crippen molar-refractivity contribution in [2.45, 2.75) is 25.5 Å². The number of hydrogen-bond acceptors (Lipinski definition) is 4. The van der Waals surface area contributed by atoms with E-state index in [0.29, 0.717) is 17.9 Å². The van der Waals surface area contributed by atoms with Gasteiger partial charge in [-0.25, -0.2) is 0 Å². The zero-order valence-electron chi connectivity index (χ0n) is 9.78. The molecule has 0 spiro atoms. The first kappa shape index (κ1) is 11.1. The van der Waals surface area contributed by atoms with Crippen LogP contribution in [0.15, 0.2) is 12.1 Å². The topological polar surface area (TPSA) is 50.7 Å². The van der Waals surface area contributed by atoms with Crippen LogP contribution in [0.4, 0.5) is 5.69 Å². The maximum absolute atomic E-state index is 9.98. The molecule has 4 heteroatoms. The Morgan fingerprint density at radius 3 is 2.50 bits per heavy atom. The van der Waals surface area contributed by atoms with Crippen LogP contribution in [0.3, 0.4) is 0 Å². The monoisotopic (exact) mass is 223 g/mol. The minimum Gasteiger partial charge on any atom is -0.493 e. The first-order chi connectivity index (χ1) is 7.65. The Labute approximate surface area is 95.2 Å². The van der Waals surface area contributed by atoms with Crippen LogP contribution < -0.4 is 14.8 Å². The van der Waals surface area contributed by atoms with Crippen LogP contribution in [-0.4, -0.2) is 25.4 Å². The van der Waals surface area contributed by atoms with Gasteiger partial charge in [0.2, 0.25) is 0 Å². The predicted molar refractivity (Wildman–Crippen MR) is 62.2 cm³/mol. The van der Waals surface area contributed by atoms with Crippen LogP contribution in [0.1, 0.15) is 25.0 Å². The second-order valence-electron chi connectivity index (χ2n) is 4.09. The maximum atomic E-state index is 9.98. The van der Waals surface area contributed by atoms with Crippen LogP contribution in [0.2, 0.25) is 0 Å². The van der Waals surface area contributed by atoms with Gasteiger partial charge >= 0.3 is 0 Å². The molecule has 16 heavy (non-hydrogen) atoms. The lowest BCUT2D eigenvalue weighted by molar-refractivity contribution is 0.157. The number of nitrogens with one attached hydrogen (secondary N) is 1. The second kappa shape index (κ2) is 4.22. The Morgan fingerprint density at radius 2 is 1.88 bits per heavy atom. The number of fused-ring (bicyclic) bond motifs is 1. The van der Waals surface area contributed by atoms with Gasteiger partial charge in [0.05, 0.1) is 20.3 Å². The highest BCUT2D eigenvalue weighted by atomic mass is 16.5. The first-order valence-electron chi connectivity index (χ1n) is 5.36. The van der Waals surface area contributed by atoms with Crippen molar-refractivity contribution in [3.63, 3.8) is 0 Å². The van der Waals surface area contributed by atoms with Gasteiger partial charge in [-0.15, -0.1) is 0 Å². The van der Waals surface area contributed by atoms with Gasteiger partial charge in [0, 0.05) is 23.4 Å². The van der Waals surface area contributed by atoms with E-state index in [-0.39, 0.29) is 6.04 Å². The van der Waals surface area contributed by atoms with E-state index in [1.165, 1.54) is 0 Å². The minimum absolute atomic E-state index is 0.264. The molecule has 0 radical (unpaired) electrons. The standard InChI is InChI=1S/C12H17NO3/c1-7-4-10(14)8-5-11(15-2)12(16-3)6-9(8)13-7/h5-7,10,13-14H,4H2,1-3H3. The third-order valence-electron chi connectivity index (χ3n) is 2.89. The summed E-state index contributed by atoms with van der Waals surface area (Å²) in [5.74, 6) is 1.33. The lowest BCUT2D eigenvalue weighted by atomic mass is 9.95. The quantitative estimate of drug-likeness (QED) is 0.804. The molecule has 0 aliphatic carbocycles. The van der Waals surface area contributed by atoms with Crippen LogP contribution in [0, 0.1) is 0 Å². The van der Waals surface area contributed by atoms with Crippen LogP contribution in [0.25, 0.3) is 0 Å². The molecule has 1 aliphatic rings. The van der Waals surface area contributed by atoms with Crippen molar-refractivity contribution in [1.29, 1.82) is 0 Å². The molecule has 2 rings (SSSR count). The molecular weight excluding hydrogens is 206 g/mol. The van der Waals surface area contributed by atoms with Crippen molar-refractivity contribution in [2.24, 2.45) is 0 Å². The highest BCUT2D eigenvalue weighted by molar-refractivity contribution is 5.63. The summed E-state index contributed by atoms with van der Waals surface area (Å²) < 4.78 is 10.4. The Balaban J connectivity index is 2.47. The molecule has 2 atom stereocenters. The number of aliphatic hydroxyl groups excluding tert-OH is 1. The Hall–Kier alpha value is -1.42. The normalized spacial score (nSPS) is 23.2. The molecule has 1 heterocycles. The number of benzene rings is 1. The summed E-state index contributed by atoms with van der Waals surface area (Å²) in [7, 11) is 3.20. The van der Waals surface area contributed by atoms with Crippen molar-refractivity contribution in [3.05, 3.63) is 17.7 Å². The van der Waals surface area contributed by atoms with E-state index in [4.69, 9.17) is 9.47 Å². The van der Waals surface area contributed by atoms with Crippen molar-refractivity contribution < 1.29 is 14.6 Å². The molecule has 2 N–H and O–H groups in total. The largest absolute Gasteiger partial charge is 0.493 e. The predicted octanol–water partition coefficient (Wildman–Crippen LogP) is 1.94. The van der Waals surface area contributed by atoms with Crippen LogP contribution in [-0.2, 0) is 0 Å². The SMILES string of the molecule is COc1cc2c(cc1OC)C(O)CC(C)N2. The zero-order chi connectivity index (χ0) is 11.7. The zero-order valence-corrected chi connectivity index (χ0v) is 9.78. The summed E-state index contributed by atoms with van der Waals surface area (Å²) in [5.41, 5.74) is 1.79. The van der Waals surface area contributed by atoms with E-state index in [0.717, 1.165) is 11.3 Å². The van der Waals surface area contributed by atoms with Gasteiger partial charge in [-0.3, -0.25) is 0 Å². The van der Waals surface area contributed by atoms with Gasteiger partial charge in [-0.05, 0) is 19.4 Å². The smallest absolute Gasteiger partial charge is 0.162 e. The molecule has 0 amide bonds. The molecule has 0 saturated heterocycles. The molecular formula is C12H17NO3. The molecule has 0 aromatic heterocycles. The Kier molecular flexibility index (Phi) is 2.92. The summed E-state index contributed by atoms with van der Waals surface area (Å²) in [5, 5.41) is 13.3. The van der Waals surface area contributed by atoms with Gasteiger partial charge in [0.25, 0.3) is 0 Å². The molecule has 2 unspecified atom stereocenters. The van der Waals surface area contributed by atoms with Crippen molar-refractivity contribution >= 4 is 5.69 Å². The lowest BCUT2D eigenvalue weighted by Crippen LogP contribution is -2.25. The van der Waals surface area contributed by atoms with Crippen LogP contribution >= 0.6 is 0 Å². The first-order valence-corrected chi connectivity index (χ1v) is 5.36. The maximum Gasteiger partial charge on any atom is 0.162 e. The average Bonchev–Trinajstić information content (AvgIpc) is 2.27. The summed E-state index contributed by atoms with van der Waals surface area (Å²) in [6.45, 7) is 2.04. The van der Waals surface area contributed by atoms with Crippen molar-refractivity contribution in [2.75, 3.05) is 19.5 Å². The van der Waals surface area contributed by atoms with Crippen LogP contribution in [0.5, 0.6) is 11.5 Å². The van der Waals surface area contributed by atoms with E-state index in [9.17, 15) is 5.11 Å². The molecule has 88 valence electrons. The molecule has 4 nitrogen and oxygen atoms in total. The molecule has 1 aliphatic heterocycles. The van der Waals surface area contributed by atoms with Gasteiger partial charge in [0.1, 0.15) is 0 Å². The van der Waals surface area contributed by atoms with Gasteiger partial charge in [-0.2, -0.15) is 0 Å². The van der Waals surface area contributed by atoms with E-state index in [2.05, 4.69) is 5.32 Å². The highest BCUT2D eigenvalue weighted by Crippen LogP contribution is 2.40. The number of methoxy groups -OCH3 is 2. The molecule has 1 aromatic rings. The summed E-state index contributed by atoms with van der Waals surface area (Å²) in [4.78, 5) is 0. The van der Waals surface area contributed by atoms with Gasteiger partial charge in [-0.1, -0.05) is 0 Å². The van der Waals surface area contributed by atoms with E-state index in [1.807, 2.05) is 19.1 Å². The lowest BCUT2D eigenvalue weighted by Gasteiger charge is -2.29. The number of ether oxygens (including phenoxy) is 2. The third kappa shape index (κ3) is 1.80. The van der Waals surface area contributed by atoms with E-state index >= 15 is 0 Å². The molecule has 1 aromatic carbocycles. The number of hydrogen-bond donors (Lipinski definition) is 2. The molecule has 0 bridgehead atoms. The van der Waals surface area contributed by atoms with E-state index in [1.54, 1.807) is 14.2 Å². The molecule has 0 saturated carbocycles. The fraction of sp³-hybridized carbons (Fsp3) is 0.500. The van der Waals surface area contributed by atoms with Crippen molar-refractivity contribution in [1.82, 2.24) is 0 Å². The highest BCUT2D eigenvalue weighted by Gasteiger charge is 2.24. The second-order valence-corrected chi connectivity index (χ2v) is 4.09. The summed E-state index contributed by atoms with van der Waals surface area (Å²) >= 11 is 0. The fourth-order valence-electron chi connectivity index (χ4n) is 2.08. The van der Waals surface area contributed by atoms with Gasteiger partial charge in [0.15, 0.2) is 11.5 Å². The Bertz CT molecular complexity index is 392. The Morgan fingerprint density at radius 1 is 1.25 bits per heavy atom. The molecule has 0 fully saturated rings.